The zero-order valence-corrected chi connectivity index (χ0v) is 8.96. The molecule has 1 unspecified atom stereocenters. The van der Waals surface area contributed by atoms with Crippen molar-refractivity contribution in [1.82, 2.24) is 0 Å². The van der Waals surface area contributed by atoms with Crippen molar-refractivity contribution in [3.05, 3.63) is 36.5 Å². The van der Waals surface area contributed by atoms with Crippen molar-refractivity contribution >= 4 is 0 Å². The van der Waals surface area contributed by atoms with Crippen molar-refractivity contribution in [3.8, 4) is 0 Å². The molecule has 0 nitrogen and oxygen atoms in total. The molecule has 0 radical (unpaired) electrons. The zero-order valence-electron chi connectivity index (χ0n) is 8.96. The van der Waals surface area contributed by atoms with E-state index in [1.165, 1.54) is 12.8 Å². The molecule has 0 aromatic heterocycles. The topological polar surface area (TPSA) is 0 Å². The first kappa shape index (κ1) is 10.3. The van der Waals surface area contributed by atoms with Crippen LogP contribution in [-0.4, -0.2) is 0 Å². The molecule has 0 aromatic carbocycles. The molecule has 0 N–H and O–H groups in total. The molecule has 0 fully saturated rings. The minimum atomic E-state index is 0.342. The molecule has 1 aliphatic carbocycles. The summed E-state index contributed by atoms with van der Waals surface area (Å²) in [5.41, 5.74) is 0.342. The van der Waals surface area contributed by atoms with Crippen LogP contribution in [0.15, 0.2) is 36.5 Å². The normalized spacial score (nSPS) is 22.8. The maximum Gasteiger partial charge on any atom is -0.0169 e. The Labute approximate surface area is 82.0 Å². The van der Waals surface area contributed by atoms with Gasteiger partial charge < -0.3 is 0 Å². The molecular weight excluding hydrogens is 156 g/mol. The Bertz CT molecular complexity index is 228. The summed E-state index contributed by atoms with van der Waals surface area (Å²) in [6.45, 7) is 6.71. The Morgan fingerprint density at radius 1 is 1.38 bits per heavy atom. The van der Waals surface area contributed by atoms with Gasteiger partial charge in [0.25, 0.3) is 0 Å². The molecule has 1 aliphatic rings. The number of allylic oxidation sites excluding steroid dienone is 6. The van der Waals surface area contributed by atoms with E-state index in [1.54, 1.807) is 0 Å². The molecule has 0 bridgehead atoms. The first-order valence-electron chi connectivity index (χ1n) is 5.11. The highest BCUT2D eigenvalue weighted by Crippen LogP contribution is 2.30. The van der Waals surface area contributed by atoms with E-state index in [4.69, 9.17) is 0 Å². The lowest BCUT2D eigenvalue weighted by Gasteiger charge is -2.25. The van der Waals surface area contributed by atoms with Crippen LogP contribution in [0.3, 0.4) is 0 Å². The van der Waals surface area contributed by atoms with Gasteiger partial charge in [-0.3, -0.25) is 0 Å². The van der Waals surface area contributed by atoms with Crippen molar-refractivity contribution in [3.63, 3.8) is 0 Å². The fourth-order valence-electron chi connectivity index (χ4n) is 1.98. The van der Waals surface area contributed by atoms with Gasteiger partial charge in [-0.1, -0.05) is 50.3 Å². The minimum absolute atomic E-state index is 0.342. The highest BCUT2D eigenvalue weighted by molar-refractivity contribution is 5.12. The lowest BCUT2D eigenvalue weighted by molar-refractivity contribution is 0.372. The monoisotopic (exact) mass is 176 g/mol. The Morgan fingerprint density at radius 3 is 2.69 bits per heavy atom. The second-order valence-electron chi connectivity index (χ2n) is 4.50. The molecule has 0 heterocycles. The smallest absolute Gasteiger partial charge is 0.0169 e. The molecule has 0 spiro atoms. The first-order valence-corrected chi connectivity index (χ1v) is 5.11. The molecule has 0 saturated heterocycles. The maximum atomic E-state index is 2.32. The van der Waals surface area contributed by atoms with Crippen LogP contribution in [0.5, 0.6) is 0 Å². The second-order valence-corrected chi connectivity index (χ2v) is 4.50. The van der Waals surface area contributed by atoms with E-state index in [-0.39, 0.29) is 0 Å². The Balaban J connectivity index is 2.48. The van der Waals surface area contributed by atoms with E-state index in [2.05, 4.69) is 57.2 Å². The van der Waals surface area contributed by atoms with Gasteiger partial charge in [0.1, 0.15) is 0 Å². The van der Waals surface area contributed by atoms with E-state index in [0.29, 0.717) is 5.41 Å². The Kier molecular flexibility index (Phi) is 3.53. The third-order valence-electron chi connectivity index (χ3n) is 2.48. The summed E-state index contributed by atoms with van der Waals surface area (Å²) in [6.07, 6.45) is 15.8. The highest BCUT2D eigenvalue weighted by atomic mass is 14.2. The fourth-order valence-corrected chi connectivity index (χ4v) is 1.98. The molecule has 0 saturated carbocycles. The molecule has 0 aromatic rings. The third kappa shape index (κ3) is 3.63. The van der Waals surface area contributed by atoms with E-state index in [0.717, 1.165) is 5.92 Å². The van der Waals surface area contributed by atoms with Crippen molar-refractivity contribution in [2.24, 2.45) is 11.3 Å². The molecule has 13 heavy (non-hydrogen) atoms. The quantitative estimate of drug-likeness (QED) is 0.568. The molecule has 0 heteroatoms. The average molecular weight is 176 g/mol. The standard InChI is InChI=1S/C13H20/c1-4-10-13(2,3)11-12-8-6-5-7-9-12/h4-8,10,12H,9,11H2,1-3H3/b10-4+. The van der Waals surface area contributed by atoms with Gasteiger partial charge in [-0.25, -0.2) is 0 Å². The van der Waals surface area contributed by atoms with Gasteiger partial charge in [-0.2, -0.15) is 0 Å². The Morgan fingerprint density at radius 2 is 2.15 bits per heavy atom. The summed E-state index contributed by atoms with van der Waals surface area (Å²) in [5.74, 6) is 0.733. The molecule has 0 amide bonds. The van der Waals surface area contributed by atoms with Gasteiger partial charge in [0, 0.05) is 0 Å². The zero-order chi connectivity index (χ0) is 9.73. The van der Waals surface area contributed by atoms with Crippen LogP contribution in [0.2, 0.25) is 0 Å². The van der Waals surface area contributed by atoms with Gasteiger partial charge in [0.2, 0.25) is 0 Å². The summed E-state index contributed by atoms with van der Waals surface area (Å²) in [4.78, 5) is 0. The van der Waals surface area contributed by atoms with E-state index in [1.807, 2.05) is 0 Å². The summed E-state index contributed by atoms with van der Waals surface area (Å²) < 4.78 is 0. The van der Waals surface area contributed by atoms with E-state index < -0.39 is 0 Å². The SMILES string of the molecule is C/C=C/C(C)(C)CC1C=CC=CC1. The minimum Gasteiger partial charge on any atom is -0.0911 e. The predicted octanol–water partition coefficient (Wildman–Crippen LogP) is 4.11. The van der Waals surface area contributed by atoms with Crippen LogP contribution in [-0.2, 0) is 0 Å². The maximum absolute atomic E-state index is 2.32. The largest absolute Gasteiger partial charge is 0.0911 e. The molecule has 72 valence electrons. The summed E-state index contributed by atoms with van der Waals surface area (Å²) in [6, 6.07) is 0. The van der Waals surface area contributed by atoms with Crippen molar-refractivity contribution < 1.29 is 0 Å². The van der Waals surface area contributed by atoms with Crippen LogP contribution in [0.1, 0.15) is 33.6 Å². The average Bonchev–Trinajstić information content (AvgIpc) is 2.04. The van der Waals surface area contributed by atoms with Crippen LogP contribution in [0, 0.1) is 11.3 Å². The predicted molar refractivity (Wildman–Crippen MR) is 59.6 cm³/mol. The molecular formula is C13H20. The lowest BCUT2D eigenvalue weighted by atomic mass is 9.80. The van der Waals surface area contributed by atoms with Crippen molar-refractivity contribution in [2.45, 2.75) is 33.6 Å². The van der Waals surface area contributed by atoms with E-state index in [9.17, 15) is 0 Å². The third-order valence-corrected chi connectivity index (χ3v) is 2.48. The first-order chi connectivity index (χ1) is 6.14. The van der Waals surface area contributed by atoms with E-state index >= 15 is 0 Å². The number of rotatable bonds is 3. The fraction of sp³-hybridized carbons (Fsp3) is 0.538. The number of hydrogen-bond donors (Lipinski definition) is 0. The molecule has 1 atom stereocenters. The molecule has 0 aliphatic heterocycles. The molecule has 1 rings (SSSR count). The summed E-state index contributed by atoms with van der Waals surface area (Å²) in [5, 5.41) is 0. The van der Waals surface area contributed by atoms with Gasteiger partial charge in [0.05, 0.1) is 0 Å². The Hall–Kier alpha value is -0.780. The second kappa shape index (κ2) is 4.45. The van der Waals surface area contributed by atoms with Crippen LogP contribution in [0.25, 0.3) is 0 Å². The van der Waals surface area contributed by atoms with Gasteiger partial charge in [-0.05, 0) is 31.1 Å². The van der Waals surface area contributed by atoms with Crippen molar-refractivity contribution in [2.75, 3.05) is 0 Å². The van der Waals surface area contributed by atoms with Gasteiger partial charge in [-0.15, -0.1) is 0 Å². The summed E-state index contributed by atoms with van der Waals surface area (Å²) in [7, 11) is 0. The van der Waals surface area contributed by atoms with Crippen molar-refractivity contribution in [1.29, 1.82) is 0 Å². The van der Waals surface area contributed by atoms with Crippen LogP contribution >= 0.6 is 0 Å². The summed E-state index contributed by atoms with van der Waals surface area (Å²) >= 11 is 0. The van der Waals surface area contributed by atoms with Gasteiger partial charge in [0.15, 0.2) is 0 Å². The number of hydrogen-bond acceptors (Lipinski definition) is 0. The lowest BCUT2D eigenvalue weighted by Crippen LogP contribution is -2.13. The van der Waals surface area contributed by atoms with Crippen LogP contribution in [0.4, 0.5) is 0 Å². The van der Waals surface area contributed by atoms with Gasteiger partial charge >= 0.3 is 0 Å². The highest BCUT2D eigenvalue weighted by Gasteiger charge is 2.18. The van der Waals surface area contributed by atoms with Crippen LogP contribution < -0.4 is 0 Å².